The first-order chi connectivity index (χ1) is 9.15. The van der Waals surface area contributed by atoms with Crippen molar-refractivity contribution in [3.8, 4) is 0 Å². The highest BCUT2D eigenvalue weighted by atomic mass is 79.9. The summed E-state index contributed by atoms with van der Waals surface area (Å²) >= 11 is 11.1. The van der Waals surface area contributed by atoms with Gasteiger partial charge in [-0.1, -0.05) is 18.5 Å². The maximum Gasteiger partial charge on any atom is 0.117 e. The van der Waals surface area contributed by atoms with Gasteiger partial charge in [0.2, 0.25) is 0 Å². The minimum Gasteiger partial charge on any atom is -0.468 e. The summed E-state index contributed by atoms with van der Waals surface area (Å²) in [5, 5.41) is 0. The molecule has 0 amide bonds. The third kappa shape index (κ3) is 3.61. The Morgan fingerprint density at radius 3 is 2.84 bits per heavy atom. The molecule has 0 saturated heterocycles. The van der Waals surface area contributed by atoms with Gasteiger partial charge < -0.3 is 10.2 Å². The van der Waals surface area contributed by atoms with Gasteiger partial charge in [0.25, 0.3) is 0 Å². The normalized spacial score (nSPS) is 13.1. The fourth-order valence-electron chi connectivity index (χ4n) is 2.02. The number of likely N-dealkylation sites (N-methyl/N-ethyl adjacent to an activating group) is 1. The lowest BCUT2D eigenvalue weighted by Gasteiger charge is -2.28. The summed E-state index contributed by atoms with van der Waals surface area (Å²) in [6.07, 6.45) is 1.69. The monoisotopic (exact) mass is 362 g/mol. The molecule has 104 valence electrons. The van der Waals surface area contributed by atoms with Crippen LogP contribution in [0.15, 0.2) is 33.4 Å². The summed E-state index contributed by atoms with van der Waals surface area (Å²) in [6, 6.07) is 6.09. The fourth-order valence-corrected chi connectivity index (χ4v) is 3.90. The van der Waals surface area contributed by atoms with E-state index in [9.17, 15) is 0 Å². The van der Waals surface area contributed by atoms with Crippen LogP contribution in [0.4, 0.5) is 0 Å². The van der Waals surface area contributed by atoms with Gasteiger partial charge in [-0.3, -0.25) is 4.90 Å². The van der Waals surface area contributed by atoms with Crippen LogP contribution in [0.2, 0.25) is 4.34 Å². The topological polar surface area (TPSA) is 42.4 Å². The maximum atomic E-state index is 6.11. The van der Waals surface area contributed by atoms with Gasteiger partial charge in [0.15, 0.2) is 0 Å². The lowest BCUT2D eigenvalue weighted by Crippen LogP contribution is -2.32. The Labute approximate surface area is 130 Å². The van der Waals surface area contributed by atoms with E-state index in [2.05, 4.69) is 33.8 Å². The molecule has 1 unspecified atom stereocenters. The highest BCUT2D eigenvalue weighted by molar-refractivity contribution is 9.10. The molecule has 1 atom stereocenters. The second-order valence-corrected chi connectivity index (χ2v) is 6.70. The lowest BCUT2D eigenvalue weighted by molar-refractivity contribution is 0.190. The van der Waals surface area contributed by atoms with E-state index in [0.717, 1.165) is 27.7 Å². The minimum absolute atomic E-state index is 0.156. The molecule has 2 heterocycles. The molecule has 0 aromatic carbocycles. The number of halogens is 2. The average molecular weight is 364 g/mol. The molecule has 0 aliphatic heterocycles. The summed E-state index contributed by atoms with van der Waals surface area (Å²) in [4.78, 5) is 3.46. The van der Waals surface area contributed by atoms with E-state index in [4.69, 9.17) is 21.8 Å². The zero-order chi connectivity index (χ0) is 13.8. The number of hydrogen-bond acceptors (Lipinski definition) is 4. The number of hydrogen-bond donors (Lipinski definition) is 1. The number of nitrogens with zero attached hydrogens (tertiary/aromatic N) is 1. The summed E-state index contributed by atoms with van der Waals surface area (Å²) in [6.45, 7) is 4.32. The zero-order valence-corrected chi connectivity index (χ0v) is 13.8. The fraction of sp³-hybridized carbons (Fsp3) is 0.385. The van der Waals surface area contributed by atoms with Crippen molar-refractivity contribution in [3.05, 3.63) is 43.9 Å². The van der Waals surface area contributed by atoms with Crippen molar-refractivity contribution in [2.45, 2.75) is 19.5 Å². The SMILES string of the molecule is CCN(Cc1ccco1)C(CN)c1cc(Br)c(Cl)s1. The first-order valence-electron chi connectivity index (χ1n) is 6.07. The van der Waals surface area contributed by atoms with Crippen molar-refractivity contribution in [1.29, 1.82) is 0 Å². The van der Waals surface area contributed by atoms with E-state index in [0.29, 0.717) is 6.54 Å². The van der Waals surface area contributed by atoms with Gasteiger partial charge in [0, 0.05) is 15.9 Å². The molecule has 0 saturated carbocycles. The van der Waals surface area contributed by atoms with E-state index in [-0.39, 0.29) is 6.04 Å². The number of furan rings is 1. The Bertz CT molecular complexity index is 495. The van der Waals surface area contributed by atoms with Crippen LogP contribution < -0.4 is 5.73 Å². The van der Waals surface area contributed by atoms with Crippen LogP contribution in [0.3, 0.4) is 0 Å². The van der Waals surface area contributed by atoms with Crippen LogP contribution in [-0.2, 0) is 6.54 Å². The second kappa shape index (κ2) is 6.90. The standard InChI is InChI=1S/C13H16BrClN2OS/c1-2-17(8-9-4-3-5-18-9)11(7-16)12-6-10(14)13(15)19-12/h3-6,11H,2,7-8,16H2,1H3. The van der Waals surface area contributed by atoms with Crippen LogP contribution >= 0.6 is 38.9 Å². The summed E-state index contributed by atoms with van der Waals surface area (Å²) in [7, 11) is 0. The van der Waals surface area contributed by atoms with Crippen LogP contribution in [0.1, 0.15) is 23.6 Å². The van der Waals surface area contributed by atoms with Crippen LogP contribution in [0.25, 0.3) is 0 Å². The molecular formula is C13H16BrClN2OS. The van der Waals surface area contributed by atoms with Gasteiger partial charge in [0.05, 0.1) is 18.8 Å². The quantitative estimate of drug-likeness (QED) is 0.833. The van der Waals surface area contributed by atoms with E-state index in [1.165, 1.54) is 4.88 Å². The van der Waals surface area contributed by atoms with Crippen molar-refractivity contribution in [2.24, 2.45) is 5.73 Å². The molecule has 0 fully saturated rings. The molecule has 2 N–H and O–H groups in total. The van der Waals surface area contributed by atoms with Crippen molar-refractivity contribution < 1.29 is 4.42 Å². The molecule has 2 rings (SSSR count). The van der Waals surface area contributed by atoms with Gasteiger partial charge in [-0.2, -0.15) is 0 Å². The first kappa shape index (κ1) is 15.1. The third-order valence-electron chi connectivity index (χ3n) is 3.00. The molecule has 0 aliphatic carbocycles. The molecule has 3 nitrogen and oxygen atoms in total. The number of thiophene rings is 1. The molecule has 0 aliphatic rings. The predicted molar refractivity (Wildman–Crippen MR) is 83.6 cm³/mol. The Hall–Kier alpha value is -0.330. The van der Waals surface area contributed by atoms with E-state index >= 15 is 0 Å². The smallest absolute Gasteiger partial charge is 0.117 e. The number of nitrogens with two attached hydrogens (primary N) is 1. The lowest BCUT2D eigenvalue weighted by atomic mass is 10.2. The van der Waals surface area contributed by atoms with E-state index < -0.39 is 0 Å². The molecule has 0 radical (unpaired) electrons. The Morgan fingerprint density at radius 1 is 1.58 bits per heavy atom. The van der Waals surface area contributed by atoms with Gasteiger partial charge in [-0.25, -0.2) is 0 Å². The largest absolute Gasteiger partial charge is 0.468 e. The third-order valence-corrected chi connectivity index (χ3v) is 5.58. The van der Waals surface area contributed by atoms with Gasteiger partial charge in [-0.05, 0) is 40.7 Å². The van der Waals surface area contributed by atoms with E-state index in [1.54, 1.807) is 17.6 Å². The highest BCUT2D eigenvalue weighted by Crippen LogP contribution is 2.37. The summed E-state index contributed by atoms with van der Waals surface area (Å²) in [5.74, 6) is 0.946. The predicted octanol–water partition coefficient (Wildman–Crippen LogP) is 4.28. The van der Waals surface area contributed by atoms with Gasteiger partial charge >= 0.3 is 0 Å². The first-order valence-corrected chi connectivity index (χ1v) is 8.05. The second-order valence-electron chi connectivity index (χ2n) is 4.16. The van der Waals surface area contributed by atoms with Crippen molar-refractivity contribution in [1.82, 2.24) is 4.90 Å². The average Bonchev–Trinajstić information content (AvgIpc) is 3.00. The number of rotatable bonds is 6. The molecule has 19 heavy (non-hydrogen) atoms. The Balaban J connectivity index is 2.18. The van der Waals surface area contributed by atoms with Crippen LogP contribution in [0.5, 0.6) is 0 Å². The molecule has 6 heteroatoms. The Kier molecular flexibility index (Phi) is 5.47. The van der Waals surface area contributed by atoms with Crippen molar-refractivity contribution >= 4 is 38.9 Å². The Morgan fingerprint density at radius 2 is 2.37 bits per heavy atom. The molecule has 2 aromatic heterocycles. The highest BCUT2D eigenvalue weighted by Gasteiger charge is 2.21. The molecule has 0 spiro atoms. The van der Waals surface area contributed by atoms with E-state index in [1.807, 2.05) is 12.1 Å². The van der Waals surface area contributed by atoms with Crippen LogP contribution in [-0.4, -0.2) is 18.0 Å². The molecule has 0 bridgehead atoms. The minimum atomic E-state index is 0.156. The van der Waals surface area contributed by atoms with Crippen LogP contribution in [0, 0.1) is 0 Å². The van der Waals surface area contributed by atoms with Gasteiger partial charge in [0.1, 0.15) is 10.1 Å². The maximum absolute atomic E-state index is 6.11. The van der Waals surface area contributed by atoms with Crippen molar-refractivity contribution in [3.63, 3.8) is 0 Å². The summed E-state index contributed by atoms with van der Waals surface area (Å²) < 4.78 is 7.11. The molecular weight excluding hydrogens is 348 g/mol. The zero-order valence-electron chi connectivity index (χ0n) is 10.6. The summed E-state index contributed by atoms with van der Waals surface area (Å²) in [5.41, 5.74) is 5.95. The van der Waals surface area contributed by atoms with Crippen molar-refractivity contribution in [2.75, 3.05) is 13.1 Å². The van der Waals surface area contributed by atoms with Gasteiger partial charge in [-0.15, -0.1) is 11.3 Å². The molecule has 2 aromatic rings.